The average Bonchev–Trinajstić information content (AvgIpc) is 2.37. The molecule has 0 fully saturated rings. The number of ether oxygens (including phenoxy) is 1. The van der Waals surface area contributed by atoms with Crippen LogP contribution in [0, 0.1) is 6.92 Å². The Morgan fingerprint density at radius 1 is 1.42 bits per heavy atom. The number of carboxylic acid groups (broad SMARTS) is 1. The number of carboxylic acids is 1. The third kappa shape index (κ3) is 5.35. The Morgan fingerprint density at radius 3 is 2.79 bits per heavy atom. The molecule has 0 radical (unpaired) electrons. The lowest BCUT2D eigenvalue weighted by Gasteiger charge is -2.09. The maximum Gasteiger partial charge on any atom is 0.328 e. The molecule has 1 amide bonds. The van der Waals surface area contributed by atoms with Crippen molar-refractivity contribution in [1.29, 1.82) is 0 Å². The van der Waals surface area contributed by atoms with Gasteiger partial charge >= 0.3 is 5.97 Å². The number of aryl methyl sites for hydroxylation is 1. The zero-order valence-electron chi connectivity index (χ0n) is 11.0. The lowest BCUT2D eigenvalue weighted by atomic mass is 10.1. The Bertz CT molecular complexity index is 494. The maximum absolute atomic E-state index is 11.6. The van der Waals surface area contributed by atoms with E-state index in [-0.39, 0.29) is 12.5 Å². The molecule has 0 atom stereocenters. The number of carbonyl (C=O) groups is 2. The first-order valence-electron chi connectivity index (χ1n) is 5.92. The Balaban J connectivity index is 2.79. The van der Waals surface area contributed by atoms with Crippen LogP contribution < -0.4 is 5.32 Å². The van der Waals surface area contributed by atoms with Crippen LogP contribution in [0.1, 0.15) is 18.1 Å². The highest BCUT2D eigenvalue weighted by Gasteiger charge is 2.05. The summed E-state index contributed by atoms with van der Waals surface area (Å²) < 4.78 is 5.01. The summed E-state index contributed by atoms with van der Waals surface area (Å²) in [5.41, 5.74) is 2.26. The molecule has 0 spiro atoms. The molecule has 0 saturated carbocycles. The monoisotopic (exact) mass is 263 g/mol. The van der Waals surface area contributed by atoms with Gasteiger partial charge in [0.15, 0.2) is 0 Å². The SMILES string of the molecule is CCOCC(=O)Nc1cc(/C=C/C(=O)O)ccc1C. The van der Waals surface area contributed by atoms with Crippen molar-refractivity contribution < 1.29 is 19.4 Å². The zero-order chi connectivity index (χ0) is 14.3. The number of rotatable bonds is 6. The van der Waals surface area contributed by atoms with Crippen molar-refractivity contribution >= 4 is 23.6 Å². The summed E-state index contributed by atoms with van der Waals surface area (Å²) in [5.74, 6) is -1.24. The van der Waals surface area contributed by atoms with Gasteiger partial charge in [0.2, 0.25) is 5.91 Å². The average molecular weight is 263 g/mol. The van der Waals surface area contributed by atoms with Crippen molar-refractivity contribution in [2.45, 2.75) is 13.8 Å². The van der Waals surface area contributed by atoms with Crippen LogP contribution in [0.15, 0.2) is 24.3 Å². The number of carbonyl (C=O) groups excluding carboxylic acids is 1. The lowest BCUT2D eigenvalue weighted by Crippen LogP contribution is -2.18. The molecule has 0 heterocycles. The molecule has 0 saturated heterocycles. The summed E-state index contributed by atoms with van der Waals surface area (Å²) in [5, 5.41) is 11.3. The van der Waals surface area contributed by atoms with E-state index < -0.39 is 5.97 Å². The van der Waals surface area contributed by atoms with E-state index >= 15 is 0 Å². The highest BCUT2D eigenvalue weighted by molar-refractivity contribution is 5.93. The highest BCUT2D eigenvalue weighted by atomic mass is 16.5. The minimum absolute atomic E-state index is 0.00509. The molecule has 1 aromatic carbocycles. The standard InChI is InChI=1S/C14H17NO4/c1-3-19-9-13(16)15-12-8-11(5-4-10(12)2)6-7-14(17)18/h4-8H,3,9H2,1-2H3,(H,15,16)(H,17,18)/b7-6+. The van der Waals surface area contributed by atoms with Crippen molar-refractivity contribution in [3.05, 3.63) is 35.4 Å². The van der Waals surface area contributed by atoms with E-state index in [2.05, 4.69) is 5.32 Å². The van der Waals surface area contributed by atoms with Gasteiger partial charge in [-0.1, -0.05) is 12.1 Å². The third-order valence-corrected chi connectivity index (χ3v) is 2.39. The van der Waals surface area contributed by atoms with Crippen LogP contribution in [0.2, 0.25) is 0 Å². The number of benzene rings is 1. The maximum atomic E-state index is 11.6. The van der Waals surface area contributed by atoms with E-state index in [0.29, 0.717) is 17.9 Å². The van der Waals surface area contributed by atoms with Gasteiger partial charge in [-0.25, -0.2) is 4.79 Å². The Kier molecular flexibility index (Phi) is 5.75. The summed E-state index contributed by atoms with van der Waals surface area (Å²) in [6, 6.07) is 5.32. The number of hydrogen-bond acceptors (Lipinski definition) is 3. The van der Waals surface area contributed by atoms with E-state index in [1.165, 1.54) is 6.08 Å². The van der Waals surface area contributed by atoms with Crippen molar-refractivity contribution in [2.75, 3.05) is 18.5 Å². The molecule has 0 aliphatic carbocycles. The van der Waals surface area contributed by atoms with Crippen molar-refractivity contribution in [1.82, 2.24) is 0 Å². The normalized spacial score (nSPS) is 10.6. The first-order chi connectivity index (χ1) is 9.02. The Labute approximate surface area is 111 Å². The summed E-state index contributed by atoms with van der Waals surface area (Å²) >= 11 is 0. The van der Waals surface area contributed by atoms with E-state index in [1.54, 1.807) is 12.1 Å². The van der Waals surface area contributed by atoms with Crippen LogP contribution in [0.25, 0.3) is 6.08 Å². The van der Waals surface area contributed by atoms with Gasteiger partial charge in [-0.05, 0) is 37.1 Å². The van der Waals surface area contributed by atoms with E-state index in [4.69, 9.17) is 9.84 Å². The van der Waals surface area contributed by atoms with E-state index in [9.17, 15) is 9.59 Å². The fourth-order valence-electron chi connectivity index (χ4n) is 1.43. The molecule has 1 aromatic rings. The second-order valence-corrected chi connectivity index (χ2v) is 3.93. The summed E-state index contributed by atoms with van der Waals surface area (Å²) in [7, 11) is 0. The number of nitrogens with one attached hydrogen (secondary N) is 1. The summed E-state index contributed by atoms with van der Waals surface area (Å²) in [6.45, 7) is 4.16. The Hall–Kier alpha value is -2.14. The van der Waals surface area contributed by atoms with Crippen LogP contribution in [-0.4, -0.2) is 30.2 Å². The van der Waals surface area contributed by atoms with Gasteiger partial charge in [-0.2, -0.15) is 0 Å². The molecule has 0 aliphatic rings. The first kappa shape index (κ1) is 14.9. The molecule has 102 valence electrons. The summed E-state index contributed by atoms with van der Waals surface area (Å²) in [4.78, 5) is 22.0. The molecule has 19 heavy (non-hydrogen) atoms. The zero-order valence-corrected chi connectivity index (χ0v) is 11.0. The molecule has 0 unspecified atom stereocenters. The highest BCUT2D eigenvalue weighted by Crippen LogP contribution is 2.17. The van der Waals surface area contributed by atoms with Gasteiger partial charge in [0, 0.05) is 18.4 Å². The van der Waals surface area contributed by atoms with Gasteiger partial charge in [0.1, 0.15) is 6.61 Å². The fourth-order valence-corrected chi connectivity index (χ4v) is 1.43. The Morgan fingerprint density at radius 2 is 2.16 bits per heavy atom. The predicted octanol–water partition coefficient (Wildman–Crippen LogP) is 2.07. The van der Waals surface area contributed by atoms with Crippen LogP contribution in [-0.2, 0) is 14.3 Å². The molecule has 0 aromatic heterocycles. The van der Waals surface area contributed by atoms with E-state index in [0.717, 1.165) is 11.6 Å². The largest absolute Gasteiger partial charge is 0.478 e. The van der Waals surface area contributed by atoms with E-state index in [1.807, 2.05) is 19.9 Å². The smallest absolute Gasteiger partial charge is 0.328 e. The molecule has 0 bridgehead atoms. The lowest BCUT2D eigenvalue weighted by molar-refractivity contribution is -0.131. The van der Waals surface area contributed by atoms with Crippen LogP contribution >= 0.6 is 0 Å². The number of aliphatic carboxylic acids is 1. The van der Waals surface area contributed by atoms with Crippen LogP contribution in [0.5, 0.6) is 0 Å². The molecule has 2 N–H and O–H groups in total. The van der Waals surface area contributed by atoms with Gasteiger partial charge in [0.05, 0.1) is 0 Å². The minimum atomic E-state index is -1.01. The van der Waals surface area contributed by atoms with Crippen LogP contribution in [0.4, 0.5) is 5.69 Å². The van der Waals surface area contributed by atoms with Crippen molar-refractivity contribution in [3.8, 4) is 0 Å². The fraction of sp³-hybridized carbons (Fsp3) is 0.286. The molecule has 0 aliphatic heterocycles. The van der Waals surface area contributed by atoms with Gasteiger partial charge in [-0.3, -0.25) is 4.79 Å². The summed E-state index contributed by atoms with van der Waals surface area (Å²) in [6.07, 6.45) is 2.52. The molecule has 5 heteroatoms. The minimum Gasteiger partial charge on any atom is -0.478 e. The first-order valence-corrected chi connectivity index (χ1v) is 5.92. The second-order valence-electron chi connectivity index (χ2n) is 3.93. The second kappa shape index (κ2) is 7.33. The topological polar surface area (TPSA) is 75.6 Å². The van der Waals surface area contributed by atoms with Crippen LogP contribution in [0.3, 0.4) is 0 Å². The van der Waals surface area contributed by atoms with Crippen molar-refractivity contribution in [3.63, 3.8) is 0 Å². The molecular formula is C14H17NO4. The molecular weight excluding hydrogens is 246 g/mol. The molecule has 5 nitrogen and oxygen atoms in total. The predicted molar refractivity (Wildman–Crippen MR) is 73.0 cm³/mol. The van der Waals surface area contributed by atoms with Gasteiger partial charge < -0.3 is 15.2 Å². The molecule has 1 rings (SSSR count). The van der Waals surface area contributed by atoms with Gasteiger partial charge in [0.25, 0.3) is 0 Å². The number of amides is 1. The quantitative estimate of drug-likeness (QED) is 0.770. The number of anilines is 1. The van der Waals surface area contributed by atoms with Gasteiger partial charge in [-0.15, -0.1) is 0 Å². The third-order valence-electron chi connectivity index (χ3n) is 2.39. The van der Waals surface area contributed by atoms with Crippen molar-refractivity contribution in [2.24, 2.45) is 0 Å². The number of hydrogen-bond donors (Lipinski definition) is 2.